The summed E-state index contributed by atoms with van der Waals surface area (Å²) in [6.07, 6.45) is 7.21. The van der Waals surface area contributed by atoms with E-state index in [1.165, 1.54) is 19.3 Å². The van der Waals surface area contributed by atoms with Gasteiger partial charge in [-0.05, 0) is 43.9 Å². The number of nitrogens with zero attached hydrogens (tertiary/aromatic N) is 1. The number of carboxylic acid groups (broad SMARTS) is 1. The summed E-state index contributed by atoms with van der Waals surface area (Å²) in [6, 6.07) is 0. The number of carbonyl (C=O) groups excluding carboxylic acids is 1. The number of carbonyl (C=O) groups is 2. The minimum absolute atomic E-state index is 0.101. The Morgan fingerprint density at radius 2 is 1.86 bits per heavy atom. The second kappa shape index (κ2) is 7.28. The summed E-state index contributed by atoms with van der Waals surface area (Å²) in [5, 5.41) is 9.35. The zero-order chi connectivity index (χ0) is 15.4. The van der Waals surface area contributed by atoms with Gasteiger partial charge < -0.3 is 10.0 Å². The number of carboxylic acids is 1. The molecule has 2 unspecified atom stereocenters. The third-order valence-electron chi connectivity index (χ3n) is 5.29. The van der Waals surface area contributed by atoms with Crippen LogP contribution >= 0.6 is 0 Å². The maximum atomic E-state index is 12.7. The number of likely N-dealkylation sites (tertiary alicyclic amines) is 1. The van der Waals surface area contributed by atoms with E-state index in [2.05, 4.69) is 13.8 Å². The van der Waals surface area contributed by atoms with E-state index in [0.29, 0.717) is 12.3 Å². The molecular weight excluding hydrogens is 266 g/mol. The summed E-state index contributed by atoms with van der Waals surface area (Å²) < 4.78 is 0. The van der Waals surface area contributed by atoms with Crippen molar-refractivity contribution in [1.82, 2.24) is 4.90 Å². The van der Waals surface area contributed by atoms with Crippen molar-refractivity contribution in [3.8, 4) is 0 Å². The summed E-state index contributed by atoms with van der Waals surface area (Å²) in [5.41, 5.74) is 0. The van der Waals surface area contributed by atoms with Gasteiger partial charge in [-0.15, -0.1) is 0 Å². The predicted molar refractivity (Wildman–Crippen MR) is 81.8 cm³/mol. The number of rotatable bonds is 4. The summed E-state index contributed by atoms with van der Waals surface area (Å²) in [5.74, 6) is -0.367. The fourth-order valence-corrected chi connectivity index (χ4v) is 4.15. The topological polar surface area (TPSA) is 57.6 Å². The Morgan fingerprint density at radius 1 is 1.14 bits per heavy atom. The first kappa shape index (κ1) is 16.3. The minimum atomic E-state index is -0.795. The van der Waals surface area contributed by atoms with Crippen LogP contribution in [0.3, 0.4) is 0 Å². The molecule has 1 saturated carbocycles. The fourth-order valence-electron chi connectivity index (χ4n) is 4.15. The van der Waals surface area contributed by atoms with Crippen molar-refractivity contribution < 1.29 is 14.7 Å². The van der Waals surface area contributed by atoms with Crippen molar-refractivity contribution in [1.29, 1.82) is 0 Å². The molecule has 0 aromatic rings. The standard InChI is InChI=1S/C17H29NO3/c1-3-5-13-6-4-8-18(9-7-13)16(19)14-10-12(2)11-15(14)17(20)21/h12-15H,3-11H2,1-2H3,(H,20,21)/t12?,13?,14-,15+/m0/s1. The average Bonchev–Trinajstić information content (AvgIpc) is 2.68. The first-order chi connectivity index (χ1) is 10.0. The first-order valence-electron chi connectivity index (χ1n) is 8.54. The molecule has 4 heteroatoms. The molecule has 0 radical (unpaired) electrons. The van der Waals surface area contributed by atoms with Crippen LogP contribution in [0.2, 0.25) is 0 Å². The van der Waals surface area contributed by atoms with Gasteiger partial charge in [-0.2, -0.15) is 0 Å². The van der Waals surface area contributed by atoms with Gasteiger partial charge in [0.05, 0.1) is 11.8 Å². The molecular formula is C17H29NO3. The zero-order valence-electron chi connectivity index (χ0n) is 13.4. The third kappa shape index (κ3) is 3.98. The Balaban J connectivity index is 1.97. The van der Waals surface area contributed by atoms with Gasteiger partial charge in [-0.1, -0.05) is 26.7 Å². The zero-order valence-corrected chi connectivity index (χ0v) is 13.4. The highest BCUT2D eigenvalue weighted by molar-refractivity contribution is 5.85. The Bertz CT molecular complexity index is 382. The average molecular weight is 295 g/mol. The van der Waals surface area contributed by atoms with Crippen molar-refractivity contribution >= 4 is 11.9 Å². The molecule has 4 nitrogen and oxygen atoms in total. The predicted octanol–water partition coefficient (Wildman–Crippen LogP) is 3.16. The number of hydrogen-bond acceptors (Lipinski definition) is 2. The molecule has 1 aliphatic carbocycles. The van der Waals surface area contributed by atoms with E-state index in [-0.39, 0.29) is 11.8 Å². The maximum Gasteiger partial charge on any atom is 0.307 e. The van der Waals surface area contributed by atoms with Crippen LogP contribution in [-0.2, 0) is 9.59 Å². The van der Waals surface area contributed by atoms with Gasteiger partial charge in [0.25, 0.3) is 0 Å². The largest absolute Gasteiger partial charge is 0.481 e. The summed E-state index contributed by atoms with van der Waals surface area (Å²) in [4.78, 5) is 26.1. The highest BCUT2D eigenvalue weighted by Crippen LogP contribution is 2.38. The molecule has 120 valence electrons. The summed E-state index contributed by atoms with van der Waals surface area (Å²) in [6.45, 7) is 5.91. The Labute approximate surface area is 127 Å². The van der Waals surface area contributed by atoms with Gasteiger partial charge >= 0.3 is 5.97 Å². The van der Waals surface area contributed by atoms with Crippen LogP contribution in [0.5, 0.6) is 0 Å². The van der Waals surface area contributed by atoms with Gasteiger partial charge in [-0.25, -0.2) is 0 Å². The lowest BCUT2D eigenvalue weighted by molar-refractivity contribution is -0.149. The summed E-state index contributed by atoms with van der Waals surface area (Å²) >= 11 is 0. The van der Waals surface area contributed by atoms with E-state index in [0.717, 1.165) is 38.3 Å². The van der Waals surface area contributed by atoms with Gasteiger partial charge in [0.1, 0.15) is 0 Å². The molecule has 0 aromatic heterocycles. The lowest BCUT2D eigenvalue weighted by atomic mass is 9.94. The molecule has 2 rings (SSSR count). The Hall–Kier alpha value is -1.06. The van der Waals surface area contributed by atoms with Gasteiger partial charge in [0, 0.05) is 13.1 Å². The van der Waals surface area contributed by atoms with Gasteiger partial charge in [0.2, 0.25) is 5.91 Å². The lowest BCUT2D eigenvalue weighted by Crippen LogP contribution is -2.39. The van der Waals surface area contributed by atoms with Crippen molar-refractivity contribution in [2.75, 3.05) is 13.1 Å². The molecule has 1 amide bonds. The van der Waals surface area contributed by atoms with Crippen LogP contribution in [-0.4, -0.2) is 35.0 Å². The maximum absolute atomic E-state index is 12.7. The van der Waals surface area contributed by atoms with Gasteiger partial charge in [-0.3, -0.25) is 9.59 Å². The SMILES string of the molecule is CCCC1CCCN(C(=O)[C@H]2CC(C)C[C@H]2C(=O)O)CC1. The van der Waals surface area contributed by atoms with Gasteiger partial charge in [0.15, 0.2) is 0 Å². The van der Waals surface area contributed by atoms with E-state index in [4.69, 9.17) is 0 Å². The fraction of sp³-hybridized carbons (Fsp3) is 0.882. The van der Waals surface area contributed by atoms with Crippen LogP contribution < -0.4 is 0 Å². The molecule has 0 bridgehead atoms. The van der Waals surface area contributed by atoms with Crippen LogP contribution in [0, 0.1) is 23.7 Å². The van der Waals surface area contributed by atoms with E-state index >= 15 is 0 Å². The quantitative estimate of drug-likeness (QED) is 0.866. The molecule has 1 N–H and O–H groups in total. The Morgan fingerprint density at radius 3 is 2.52 bits per heavy atom. The normalized spacial score (nSPS) is 33.7. The molecule has 1 saturated heterocycles. The third-order valence-corrected chi connectivity index (χ3v) is 5.29. The Kier molecular flexibility index (Phi) is 5.65. The van der Waals surface area contributed by atoms with Crippen LogP contribution in [0.4, 0.5) is 0 Å². The van der Waals surface area contributed by atoms with E-state index in [1.54, 1.807) is 0 Å². The molecule has 21 heavy (non-hydrogen) atoms. The van der Waals surface area contributed by atoms with Crippen LogP contribution in [0.1, 0.15) is 58.8 Å². The van der Waals surface area contributed by atoms with Crippen LogP contribution in [0.15, 0.2) is 0 Å². The number of hydrogen-bond donors (Lipinski definition) is 1. The highest BCUT2D eigenvalue weighted by atomic mass is 16.4. The van der Waals surface area contributed by atoms with E-state index in [1.807, 2.05) is 4.90 Å². The van der Waals surface area contributed by atoms with Crippen molar-refractivity contribution in [2.45, 2.75) is 58.8 Å². The molecule has 1 aliphatic heterocycles. The number of amides is 1. The van der Waals surface area contributed by atoms with Crippen molar-refractivity contribution in [2.24, 2.45) is 23.7 Å². The molecule has 2 fully saturated rings. The molecule has 0 spiro atoms. The van der Waals surface area contributed by atoms with Crippen molar-refractivity contribution in [3.63, 3.8) is 0 Å². The minimum Gasteiger partial charge on any atom is -0.481 e. The molecule has 0 aromatic carbocycles. The van der Waals surface area contributed by atoms with Crippen molar-refractivity contribution in [3.05, 3.63) is 0 Å². The second-order valence-electron chi connectivity index (χ2n) is 7.04. The van der Waals surface area contributed by atoms with E-state index < -0.39 is 11.9 Å². The smallest absolute Gasteiger partial charge is 0.307 e. The van der Waals surface area contributed by atoms with Crippen LogP contribution in [0.25, 0.3) is 0 Å². The second-order valence-corrected chi connectivity index (χ2v) is 7.04. The lowest BCUT2D eigenvalue weighted by Gasteiger charge is -2.26. The monoisotopic (exact) mass is 295 g/mol. The highest BCUT2D eigenvalue weighted by Gasteiger charge is 2.42. The molecule has 2 aliphatic rings. The molecule has 4 atom stereocenters. The molecule has 1 heterocycles. The summed E-state index contributed by atoms with van der Waals surface area (Å²) in [7, 11) is 0. The number of aliphatic carboxylic acids is 1. The van der Waals surface area contributed by atoms with E-state index in [9.17, 15) is 14.7 Å². The first-order valence-corrected chi connectivity index (χ1v) is 8.54.